The quantitative estimate of drug-likeness (QED) is 0.289. The standard InChI is InChI=1S/C30H33NO7S2/c1-18-14-16-23(17-15-18)40(35,36)31-24-12-9-13-25(39(33,34)22-10-7-6-8-11-22)26(24)27-28(31)19(2)20(3)29(37-5)30(27)38-21(4)32/h6-8,10-11,14-17,24-26H,9,12-13H2,1-5H3/t24-,25?,26-/m1/s1. The number of anilines is 1. The van der Waals surface area contributed by atoms with E-state index in [1.54, 1.807) is 68.4 Å². The van der Waals surface area contributed by atoms with Gasteiger partial charge < -0.3 is 9.47 Å². The first-order chi connectivity index (χ1) is 18.9. The third kappa shape index (κ3) is 4.37. The second-order valence-electron chi connectivity index (χ2n) is 10.5. The zero-order valence-corrected chi connectivity index (χ0v) is 24.8. The fourth-order valence-corrected chi connectivity index (χ4v) is 10.1. The molecule has 1 heterocycles. The van der Waals surface area contributed by atoms with Crippen LogP contribution < -0.4 is 13.8 Å². The lowest BCUT2D eigenvalue weighted by Gasteiger charge is -2.37. The van der Waals surface area contributed by atoms with Crippen molar-refractivity contribution in [2.45, 2.75) is 74.0 Å². The molecule has 3 aromatic rings. The Kier molecular flexibility index (Phi) is 7.20. The Labute approximate surface area is 235 Å². The van der Waals surface area contributed by atoms with Crippen LogP contribution in [-0.2, 0) is 24.7 Å². The molecule has 1 fully saturated rings. The number of sulfone groups is 1. The molecule has 0 bridgehead atoms. The third-order valence-corrected chi connectivity index (χ3v) is 12.2. The van der Waals surface area contributed by atoms with Crippen LogP contribution in [0.4, 0.5) is 5.69 Å². The minimum absolute atomic E-state index is 0.0832. The number of carbonyl (C=O) groups is 1. The molecule has 10 heteroatoms. The molecule has 0 N–H and O–H groups in total. The molecule has 5 rings (SSSR count). The molecule has 212 valence electrons. The summed E-state index contributed by atoms with van der Waals surface area (Å²) in [6.07, 6.45) is 1.31. The largest absolute Gasteiger partial charge is 0.493 e. The van der Waals surface area contributed by atoms with Crippen molar-refractivity contribution in [1.82, 2.24) is 0 Å². The molecular formula is C30H33NO7S2. The molecule has 0 aromatic heterocycles. The lowest BCUT2D eigenvalue weighted by molar-refractivity contribution is -0.132. The Bertz CT molecular complexity index is 1680. The number of aryl methyl sites for hydroxylation is 1. The third-order valence-electron chi connectivity index (χ3n) is 8.12. The molecule has 3 atom stereocenters. The van der Waals surface area contributed by atoms with Gasteiger partial charge in [0, 0.05) is 18.4 Å². The average molecular weight is 584 g/mol. The van der Waals surface area contributed by atoms with Gasteiger partial charge in [0.1, 0.15) is 0 Å². The Hall–Kier alpha value is -3.37. The first-order valence-corrected chi connectivity index (χ1v) is 16.2. The minimum atomic E-state index is -4.12. The van der Waals surface area contributed by atoms with Gasteiger partial charge in [0.15, 0.2) is 21.3 Å². The van der Waals surface area contributed by atoms with E-state index in [9.17, 15) is 21.6 Å². The molecule has 40 heavy (non-hydrogen) atoms. The fraction of sp³-hybridized carbons (Fsp3) is 0.367. The van der Waals surface area contributed by atoms with E-state index in [2.05, 4.69) is 0 Å². The van der Waals surface area contributed by atoms with Gasteiger partial charge in [-0.2, -0.15) is 0 Å². The molecule has 8 nitrogen and oxygen atoms in total. The Morgan fingerprint density at radius 2 is 1.50 bits per heavy atom. The Morgan fingerprint density at radius 3 is 2.10 bits per heavy atom. The number of hydrogen-bond acceptors (Lipinski definition) is 7. The molecule has 1 saturated carbocycles. The van der Waals surface area contributed by atoms with E-state index in [0.717, 1.165) is 5.56 Å². The van der Waals surface area contributed by atoms with Crippen molar-refractivity contribution in [2.75, 3.05) is 11.4 Å². The van der Waals surface area contributed by atoms with Gasteiger partial charge in [0.05, 0.1) is 33.9 Å². The Morgan fingerprint density at radius 1 is 0.850 bits per heavy atom. The van der Waals surface area contributed by atoms with Crippen molar-refractivity contribution < 1.29 is 31.1 Å². The average Bonchev–Trinajstić information content (AvgIpc) is 3.28. The maximum absolute atomic E-state index is 14.4. The van der Waals surface area contributed by atoms with Crippen molar-refractivity contribution in [1.29, 1.82) is 0 Å². The molecule has 0 radical (unpaired) electrons. The number of rotatable bonds is 6. The summed E-state index contributed by atoms with van der Waals surface area (Å²) in [5.74, 6) is -1.02. The number of methoxy groups -OCH3 is 1. The zero-order chi connectivity index (χ0) is 29.0. The van der Waals surface area contributed by atoms with Gasteiger partial charge in [-0.1, -0.05) is 42.3 Å². The second kappa shape index (κ2) is 10.2. The highest BCUT2D eigenvalue weighted by atomic mass is 32.2. The number of ether oxygens (including phenoxy) is 2. The SMILES string of the molecule is COc1c(C)c(C)c2c(c1OC(C)=O)[C@H]1C(S(=O)(=O)c3ccccc3)CCC[C@H]1N2S(=O)(=O)c1ccc(C)cc1. The molecule has 2 aliphatic rings. The van der Waals surface area contributed by atoms with Crippen molar-refractivity contribution >= 4 is 31.5 Å². The highest BCUT2D eigenvalue weighted by Crippen LogP contribution is 2.59. The van der Waals surface area contributed by atoms with Crippen molar-refractivity contribution in [2.24, 2.45) is 0 Å². The van der Waals surface area contributed by atoms with E-state index in [0.29, 0.717) is 47.4 Å². The molecule has 0 saturated heterocycles. The summed E-state index contributed by atoms with van der Waals surface area (Å²) in [7, 11) is -6.56. The van der Waals surface area contributed by atoms with Crippen molar-refractivity contribution in [3.8, 4) is 11.5 Å². The zero-order valence-electron chi connectivity index (χ0n) is 23.2. The van der Waals surface area contributed by atoms with E-state index < -0.39 is 43.0 Å². The maximum Gasteiger partial charge on any atom is 0.308 e. The predicted molar refractivity (Wildman–Crippen MR) is 152 cm³/mol. The van der Waals surface area contributed by atoms with Crippen molar-refractivity contribution in [3.05, 3.63) is 76.9 Å². The lowest BCUT2D eigenvalue weighted by Crippen LogP contribution is -2.46. The number of fused-ring (bicyclic) bond motifs is 3. The van der Waals surface area contributed by atoms with Crippen LogP contribution in [0.2, 0.25) is 0 Å². The van der Waals surface area contributed by atoms with Gasteiger partial charge in [0.2, 0.25) is 0 Å². The summed E-state index contributed by atoms with van der Waals surface area (Å²) in [4.78, 5) is 12.6. The first-order valence-electron chi connectivity index (χ1n) is 13.2. The molecule has 0 spiro atoms. The van der Waals surface area contributed by atoms with Gasteiger partial charge in [-0.15, -0.1) is 0 Å². The van der Waals surface area contributed by atoms with Crippen molar-refractivity contribution in [3.63, 3.8) is 0 Å². The number of sulfonamides is 1. The highest BCUT2D eigenvalue weighted by molar-refractivity contribution is 7.93. The van der Waals surface area contributed by atoms with E-state index >= 15 is 0 Å². The number of esters is 1. The molecule has 1 unspecified atom stereocenters. The monoisotopic (exact) mass is 583 g/mol. The molecule has 1 aliphatic heterocycles. The molecule has 3 aromatic carbocycles. The van der Waals surface area contributed by atoms with E-state index in [4.69, 9.17) is 9.47 Å². The normalized spacial score (nSPS) is 20.5. The number of carbonyl (C=O) groups excluding carboxylic acids is 1. The van der Waals surface area contributed by atoms with Crippen LogP contribution in [0.15, 0.2) is 64.4 Å². The van der Waals surface area contributed by atoms with E-state index in [1.807, 2.05) is 6.92 Å². The van der Waals surface area contributed by atoms with Crippen LogP contribution >= 0.6 is 0 Å². The summed E-state index contributed by atoms with van der Waals surface area (Å²) in [6.45, 7) is 6.71. The number of benzene rings is 3. The van der Waals surface area contributed by atoms with E-state index in [1.165, 1.54) is 18.3 Å². The lowest BCUT2D eigenvalue weighted by atomic mass is 9.81. The van der Waals surface area contributed by atoms with Gasteiger partial charge in [-0.25, -0.2) is 16.8 Å². The van der Waals surface area contributed by atoms with Gasteiger partial charge in [-0.3, -0.25) is 9.10 Å². The number of nitrogens with zero attached hydrogens (tertiary/aromatic N) is 1. The molecule has 0 amide bonds. The van der Waals surface area contributed by atoms with Gasteiger partial charge in [-0.05, 0) is 69.0 Å². The Balaban J connectivity index is 1.84. The number of hydrogen-bond donors (Lipinski definition) is 0. The molecular weight excluding hydrogens is 550 g/mol. The summed E-state index contributed by atoms with van der Waals surface area (Å²) in [5, 5.41) is -0.938. The van der Waals surface area contributed by atoms with Gasteiger partial charge >= 0.3 is 5.97 Å². The summed E-state index contributed by atoms with van der Waals surface area (Å²) in [5.41, 5.74) is 2.91. The second-order valence-corrected chi connectivity index (χ2v) is 14.5. The topological polar surface area (TPSA) is 107 Å². The van der Waals surface area contributed by atoms with Crippen LogP contribution in [0.3, 0.4) is 0 Å². The summed E-state index contributed by atoms with van der Waals surface area (Å²) >= 11 is 0. The maximum atomic E-state index is 14.4. The highest BCUT2D eigenvalue weighted by Gasteiger charge is 2.55. The minimum Gasteiger partial charge on any atom is -0.493 e. The van der Waals surface area contributed by atoms with E-state index in [-0.39, 0.29) is 15.5 Å². The van der Waals surface area contributed by atoms with Crippen LogP contribution in [0.1, 0.15) is 54.4 Å². The van der Waals surface area contributed by atoms with Crippen LogP contribution in [0.25, 0.3) is 0 Å². The van der Waals surface area contributed by atoms with Crippen LogP contribution in [0, 0.1) is 20.8 Å². The van der Waals surface area contributed by atoms with Crippen LogP contribution in [-0.4, -0.2) is 41.2 Å². The summed E-state index contributed by atoms with van der Waals surface area (Å²) < 4.78 is 69.8. The fourth-order valence-electron chi connectivity index (χ4n) is 6.23. The predicted octanol–water partition coefficient (Wildman–Crippen LogP) is 5.23. The summed E-state index contributed by atoms with van der Waals surface area (Å²) in [6, 6.07) is 14.1. The van der Waals surface area contributed by atoms with Gasteiger partial charge in [0.25, 0.3) is 10.0 Å². The smallest absolute Gasteiger partial charge is 0.308 e. The van der Waals surface area contributed by atoms with Crippen LogP contribution in [0.5, 0.6) is 11.5 Å². The first kappa shape index (κ1) is 28.2. The molecule has 1 aliphatic carbocycles.